The molecule has 2 rings (SSSR count). The Kier molecular flexibility index (Phi) is 4.33. The minimum Gasteiger partial charge on any atom is -0.463 e. The zero-order valence-electron chi connectivity index (χ0n) is 10.6. The Morgan fingerprint density at radius 2 is 2.33 bits per heavy atom. The van der Waals surface area contributed by atoms with E-state index in [4.69, 9.17) is 13.9 Å². The molecule has 1 aromatic rings. The molecule has 0 radical (unpaired) electrons. The first kappa shape index (κ1) is 13.0. The molecule has 1 fully saturated rings. The topological polar surface area (TPSA) is 70.8 Å². The molecule has 0 amide bonds. The number of carbonyl (C=O) groups is 1. The molecule has 0 aromatic carbocycles. The monoisotopic (exact) mass is 255 g/mol. The van der Waals surface area contributed by atoms with Crippen molar-refractivity contribution >= 4 is 5.97 Å². The summed E-state index contributed by atoms with van der Waals surface area (Å²) < 4.78 is 20.6. The lowest BCUT2D eigenvalue weighted by atomic mass is 10.0. The molecule has 100 valence electrons. The third-order valence-electron chi connectivity index (χ3n) is 2.88. The fraction of sp³-hybridized carbons (Fsp3) is 0.667. The number of hydrogen-bond acceptors (Lipinski definition) is 6. The molecule has 6 nitrogen and oxygen atoms in total. The molecule has 1 saturated heterocycles. The maximum Gasteiger partial charge on any atom is 0.376 e. The lowest BCUT2D eigenvalue weighted by Crippen LogP contribution is -2.15. The van der Waals surface area contributed by atoms with Gasteiger partial charge in [0.15, 0.2) is 0 Å². The summed E-state index contributed by atoms with van der Waals surface area (Å²) >= 11 is 0. The highest BCUT2D eigenvalue weighted by atomic mass is 16.5. The molecular weight excluding hydrogens is 238 g/mol. The molecule has 2 heterocycles. The van der Waals surface area contributed by atoms with Crippen molar-refractivity contribution < 1.29 is 23.4 Å². The van der Waals surface area contributed by atoms with Gasteiger partial charge in [-0.15, -0.1) is 0 Å². The van der Waals surface area contributed by atoms with E-state index >= 15 is 0 Å². The lowest BCUT2D eigenvalue weighted by Gasteiger charge is -2.18. The van der Waals surface area contributed by atoms with E-state index in [0.717, 1.165) is 19.4 Å². The summed E-state index contributed by atoms with van der Waals surface area (Å²) in [5.41, 5.74) is 0.477. The molecule has 0 aliphatic carbocycles. The van der Waals surface area contributed by atoms with Gasteiger partial charge < -0.3 is 18.6 Å². The summed E-state index contributed by atoms with van der Waals surface area (Å²) in [6, 6.07) is 0. The second-order valence-corrected chi connectivity index (χ2v) is 4.17. The summed E-state index contributed by atoms with van der Waals surface area (Å²) in [6.45, 7) is 1.57. The third kappa shape index (κ3) is 2.70. The van der Waals surface area contributed by atoms with Crippen molar-refractivity contribution in [1.29, 1.82) is 0 Å². The number of methoxy groups -OCH3 is 2. The van der Waals surface area contributed by atoms with Gasteiger partial charge in [-0.1, -0.05) is 0 Å². The van der Waals surface area contributed by atoms with Crippen LogP contribution in [0, 0.1) is 0 Å². The predicted octanol–water partition coefficient (Wildman–Crippen LogP) is 1.50. The summed E-state index contributed by atoms with van der Waals surface area (Å²) in [7, 11) is 2.85. The Hall–Kier alpha value is -1.40. The largest absolute Gasteiger partial charge is 0.463 e. The number of nitrogens with zero attached hydrogens (tertiary/aromatic N) is 1. The molecule has 1 aliphatic rings. The van der Waals surface area contributed by atoms with Crippen molar-refractivity contribution in [2.45, 2.75) is 25.4 Å². The van der Waals surface area contributed by atoms with Crippen molar-refractivity contribution in [1.82, 2.24) is 4.98 Å². The van der Waals surface area contributed by atoms with E-state index in [1.165, 1.54) is 7.11 Å². The maximum atomic E-state index is 11.6. The number of aromatic nitrogens is 1. The second-order valence-electron chi connectivity index (χ2n) is 4.17. The fourth-order valence-electron chi connectivity index (χ4n) is 1.97. The van der Waals surface area contributed by atoms with Crippen LogP contribution in [0.4, 0.5) is 0 Å². The van der Waals surface area contributed by atoms with Gasteiger partial charge in [0.2, 0.25) is 11.7 Å². The normalized spacial score (nSPS) is 19.8. The van der Waals surface area contributed by atoms with Crippen molar-refractivity contribution in [2.24, 2.45) is 0 Å². The Morgan fingerprint density at radius 3 is 2.94 bits per heavy atom. The van der Waals surface area contributed by atoms with Crippen LogP contribution < -0.4 is 0 Å². The van der Waals surface area contributed by atoms with E-state index in [9.17, 15) is 4.79 Å². The van der Waals surface area contributed by atoms with Crippen LogP contribution in [0.3, 0.4) is 0 Å². The first-order chi connectivity index (χ1) is 8.76. The SMILES string of the molecule is COCc1nc(C2CCCOC2)oc1C(=O)OC. The molecule has 6 heteroatoms. The Morgan fingerprint density at radius 1 is 1.50 bits per heavy atom. The van der Waals surface area contributed by atoms with Gasteiger partial charge in [0.25, 0.3) is 0 Å². The van der Waals surface area contributed by atoms with Crippen LogP contribution in [0.1, 0.15) is 40.9 Å². The van der Waals surface area contributed by atoms with Crippen LogP contribution in [0.15, 0.2) is 4.42 Å². The molecule has 1 aromatic heterocycles. The maximum absolute atomic E-state index is 11.6. The third-order valence-corrected chi connectivity index (χ3v) is 2.88. The second kappa shape index (κ2) is 5.97. The minimum atomic E-state index is -0.530. The van der Waals surface area contributed by atoms with E-state index in [2.05, 4.69) is 9.72 Å². The molecule has 1 atom stereocenters. The van der Waals surface area contributed by atoms with Crippen molar-refractivity contribution in [2.75, 3.05) is 27.4 Å². The fourth-order valence-corrected chi connectivity index (χ4v) is 1.97. The van der Waals surface area contributed by atoms with Crippen LogP contribution in [0.2, 0.25) is 0 Å². The van der Waals surface area contributed by atoms with E-state index in [-0.39, 0.29) is 18.3 Å². The zero-order chi connectivity index (χ0) is 13.0. The molecular formula is C12H17NO5. The predicted molar refractivity (Wildman–Crippen MR) is 61.3 cm³/mol. The van der Waals surface area contributed by atoms with E-state index in [1.54, 1.807) is 7.11 Å². The number of ether oxygens (including phenoxy) is 3. The Bertz CT molecular complexity index is 409. The number of hydrogen-bond donors (Lipinski definition) is 0. The summed E-state index contributed by atoms with van der Waals surface area (Å²) in [5, 5.41) is 0. The molecule has 1 aliphatic heterocycles. The number of rotatable bonds is 4. The summed E-state index contributed by atoms with van der Waals surface area (Å²) in [5.74, 6) is 0.229. The smallest absolute Gasteiger partial charge is 0.376 e. The van der Waals surface area contributed by atoms with Crippen molar-refractivity contribution in [3.8, 4) is 0 Å². The van der Waals surface area contributed by atoms with Gasteiger partial charge in [0.05, 0.1) is 26.2 Å². The number of carbonyl (C=O) groups excluding carboxylic acids is 1. The molecule has 18 heavy (non-hydrogen) atoms. The highest BCUT2D eigenvalue weighted by Crippen LogP contribution is 2.27. The average molecular weight is 255 g/mol. The Labute approximate surface area is 105 Å². The first-order valence-electron chi connectivity index (χ1n) is 5.90. The van der Waals surface area contributed by atoms with Crippen LogP contribution >= 0.6 is 0 Å². The van der Waals surface area contributed by atoms with Gasteiger partial charge >= 0.3 is 5.97 Å². The minimum absolute atomic E-state index is 0.104. The summed E-state index contributed by atoms with van der Waals surface area (Å²) in [6.07, 6.45) is 1.92. The molecule has 0 saturated carbocycles. The van der Waals surface area contributed by atoms with E-state index < -0.39 is 5.97 Å². The standard InChI is InChI=1S/C12H17NO5/c1-15-7-9-10(12(14)16-2)18-11(13-9)8-4-3-5-17-6-8/h8H,3-7H2,1-2H3. The van der Waals surface area contributed by atoms with Crippen LogP contribution in [-0.2, 0) is 20.8 Å². The van der Waals surface area contributed by atoms with Gasteiger partial charge in [-0.2, -0.15) is 0 Å². The molecule has 0 N–H and O–H groups in total. The molecule has 0 spiro atoms. The highest BCUT2D eigenvalue weighted by Gasteiger charge is 2.26. The van der Waals surface area contributed by atoms with Crippen molar-refractivity contribution in [3.05, 3.63) is 17.3 Å². The van der Waals surface area contributed by atoms with E-state index in [1.807, 2.05) is 0 Å². The van der Waals surface area contributed by atoms with Gasteiger partial charge in [-0.3, -0.25) is 0 Å². The summed E-state index contributed by atoms with van der Waals surface area (Å²) in [4.78, 5) is 15.9. The highest BCUT2D eigenvalue weighted by molar-refractivity contribution is 5.87. The van der Waals surface area contributed by atoms with E-state index in [0.29, 0.717) is 18.2 Å². The average Bonchev–Trinajstić information content (AvgIpc) is 2.83. The Balaban J connectivity index is 2.23. The van der Waals surface area contributed by atoms with Gasteiger partial charge in [0, 0.05) is 13.7 Å². The van der Waals surface area contributed by atoms with Crippen LogP contribution in [0.25, 0.3) is 0 Å². The quantitative estimate of drug-likeness (QED) is 0.759. The number of oxazole rings is 1. The van der Waals surface area contributed by atoms with Gasteiger partial charge in [0.1, 0.15) is 5.69 Å². The van der Waals surface area contributed by atoms with Gasteiger partial charge in [-0.25, -0.2) is 9.78 Å². The molecule has 0 bridgehead atoms. The first-order valence-corrected chi connectivity index (χ1v) is 5.90. The van der Waals surface area contributed by atoms with Crippen LogP contribution in [0.5, 0.6) is 0 Å². The van der Waals surface area contributed by atoms with Crippen LogP contribution in [-0.4, -0.2) is 38.4 Å². The van der Waals surface area contributed by atoms with Gasteiger partial charge in [-0.05, 0) is 12.8 Å². The lowest BCUT2D eigenvalue weighted by molar-refractivity contribution is 0.0539. The molecule has 1 unspecified atom stereocenters. The van der Waals surface area contributed by atoms with Crippen molar-refractivity contribution in [3.63, 3.8) is 0 Å². The number of esters is 1. The zero-order valence-corrected chi connectivity index (χ0v) is 10.6.